The molecule has 2 nitrogen and oxygen atoms in total. The van der Waals surface area contributed by atoms with Crippen LogP contribution in [0.25, 0.3) is 0 Å². The van der Waals surface area contributed by atoms with Gasteiger partial charge in [-0.2, -0.15) is 0 Å². The van der Waals surface area contributed by atoms with Crippen LogP contribution >= 0.6 is 0 Å². The van der Waals surface area contributed by atoms with Gasteiger partial charge in [-0.3, -0.25) is 0 Å². The third-order valence-electron chi connectivity index (χ3n) is 3.58. The van der Waals surface area contributed by atoms with Crippen molar-refractivity contribution in [1.29, 1.82) is 0 Å². The van der Waals surface area contributed by atoms with E-state index in [9.17, 15) is 0 Å². The quantitative estimate of drug-likeness (QED) is 0.723. The third kappa shape index (κ3) is 4.12. The molecule has 1 aliphatic carbocycles. The Morgan fingerprint density at radius 3 is 2.67 bits per heavy atom. The van der Waals surface area contributed by atoms with Crippen LogP contribution in [0.4, 0.5) is 0 Å². The molecular weight excluding hydrogens is 184 g/mol. The van der Waals surface area contributed by atoms with Gasteiger partial charge in [-0.15, -0.1) is 0 Å². The van der Waals surface area contributed by atoms with Gasteiger partial charge in [0.2, 0.25) is 0 Å². The van der Waals surface area contributed by atoms with Crippen molar-refractivity contribution in [2.24, 2.45) is 5.92 Å². The maximum absolute atomic E-state index is 3.74. The van der Waals surface area contributed by atoms with Gasteiger partial charge in [-0.25, -0.2) is 0 Å². The average molecular weight is 210 g/mol. The van der Waals surface area contributed by atoms with Crippen LogP contribution in [-0.2, 0) is 0 Å². The Morgan fingerprint density at radius 2 is 2.00 bits per heavy atom. The summed E-state index contributed by atoms with van der Waals surface area (Å²) in [5, 5.41) is 3.74. The van der Waals surface area contributed by atoms with E-state index in [1.54, 1.807) is 0 Å². The van der Waals surface area contributed by atoms with E-state index in [1.807, 2.05) is 0 Å². The molecule has 2 fully saturated rings. The fourth-order valence-electron chi connectivity index (χ4n) is 2.48. The van der Waals surface area contributed by atoms with E-state index < -0.39 is 0 Å². The smallest absolute Gasteiger partial charge is 0.0209 e. The number of rotatable bonds is 6. The highest BCUT2D eigenvalue weighted by molar-refractivity contribution is 4.89. The van der Waals surface area contributed by atoms with Crippen LogP contribution < -0.4 is 5.32 Å². The second-order valence-electron chi connectivity index (χ2n) is 5.76. The largest absolute Gasteiger partial charge is 0.310 e. The molecule has 0 radical (unpaired) electrons. The second-order valence-corrected chi connectivity index (χ2v) is 5.76. The molecule has 1 unspecified atom stereocenters. The summed E-state index contributed by atoms with van der Waals surface area (Å²) in [5.41, 5.74) is 0. The maximum Gasteiger partial charge on any atom is 0.0209 e. The highest BCUT2D eigenvalue weighted by atomic mass is 15.2. The Bertz CT molecular complexity index is 187. The number of hydrogen-bond donors (Lipinski definition) is 1. The summed E-state index contributed by atoms with van der Waals surface area (Å²) < 4.78 is 0. The first-order valence-corrected chi connectivity index (χ1v) is 6.72. The molecule has 0 spiro atoms. The summed E-state index contributed by atoms with van der Waals surface area (Å²) in [7, 11) is 0. The standard InChI is InChI=1S/C13H26N2/c1-11(2)4-3-8-15-9-7-13(10-15)14-12-5-6-12/h11-14H,3-10H2,1-2H3. The Kier molecular flexibility index (Phi) is 4.04. The summed E-state index contributed by atoms with van der Waals surface area (Å²) in [5.74, 6) is 0.869. The van der Waals surface area contributed by atoms with Crippen LogP contribution in [0.1, 0.15) is 46.0 Å². The van der Waals surface area contributed by atoms with Gasteiger partial charge in [0, 0.05) is 18.6 Å². The predicted molar refractivity (Wildman–Crippen MR) is 65.1 cm³/mol. The lowest BCUT2D eigenvalue weighted by Crippen LogP contribution is -2.34. The van der Waals surface area contributed by atoms with Gasteiger partial charge in [0.15, 0.2) is 0 Å². The topological polar surface area (TPSA) is 15.3 Å². The van der Waals surface area contributed by atoms with Crippen molar-refractivity contribution in [3.05, 3.63) is 0 Å². The van der Waals surface area contributed by atoms with Gasteiger partial charge in [-0.05, 0) is 51.1 Å². The lowest BCUT2D eigenvalue weighted by molar-refractivity contribution is 0.311. The van der Waals surface area contributed by atoms with E-state index in [0.29, 0.717) is 0 Å². The monoisotopic (exact) mass is 210 g/mol. The molecule has 0 aromatic rings. The second kappa shape index (κ2) is 5.31. The van der Waals surface area contributed by atoms with Crippen molar-refractivity contribution in [2.75, 3.05) is 19.6 Å². The van der Waals surface area contributed by atoms with Crippen LogP contribution in [0.2, 0.25) is 0 Å². The van der Waals surface area contributed by atoms with E-state index in [2.05, 4.69) is 24.1 Å². The molecule has 2 rings (SSSR count). The van der Waals surface area contributed by atoms with Gasteiger partial charge < -0.3 is 10.2 Å². The summed E-state index contributed by atoms with van der Waals surface area (Å²) in [6, 6.07) is 1.68. The lowest BCUT2D eigenvalue weighted by Gasteiger charge is -2.17. The van der Waals surface area contributed by atoms with Crippen molar-refractivity contribution >= 4 is 0 Å². The molecule has 0 bridgehead atoms. The minimum Gasteiger partial charge on any atom is -0.310 e. The maximum atomic E-state index is 3.74. The van der Waals surface area contributed by atoms with Gasteiger partial charge >= 0.3 is 0 Å². The van der Waals surface area contributed by atoms with Crippen LogP contribution in [0, 0.1) is 5.92 Å². The van der Waals surface area contributed by atoms with Crippen molar-refractivity contribution in [3.63, 3.8) is 0 Å². The van der Waals surface area contributed by atoms with Crippen LogP contribution in [0.3, 0.4) is 0 Å². The summed E-state index contributed by atoms with van der Waals surface area (Å²) >= 11 is 0. The highest BCUT2D eigenvalue weighted by Gasteiger charge is 2.28. The minimum atomic E-state index is 0.802. The average Bonchev–Trinajstić information content (AvgIpc) is 2.86. The van der Waals surface area contributed by atoms with E-state index in [1.165, 1.54) is 51.7 Å². The zero-order valence-corrected chi connectivity index (χ0v) is 10.3. The summed E-state index contributed by atoms with van der Waals surface area (Å²) in [6.45, 7) is 8.58. The molecular formula is C13H26N2. The van der Waals surface area contributed by atoms with E-state index in [4.69, 9.17) is 0 Å². The molecule has 15 heavy (non-hydrogen) atoms. The Labute approximate surface area is 94.4 Å². The number of nitrogens with one attached hydrogen (secondary N) is 1. The van der Waals surface area contributed by atoms with E-state index in [0.717, 1.165) is 18.0 Å². The predicted octanol–water partition coefficient (Wildman–Crippen LogP) is 2.25. The van der Waals surface area contributed by atoms with Gasteiger partial charge in [-0.1, -0.05) is 13.8 Å². The van der Waals surface area contributed by atoms with Crippen LogP contribution in [0.15, 0.2) is 0 Å². The molecule has 1 saturated carbocycles. The van der Waals surface area contributed by atoms with Crippen molar-refractivity contribution < 1.29 is 0 Å². The summed E-state index contributed by atoms with van der Waals surface area (Å²) in [4.78, 5) is 2.64. The van der Waals surface area contributed by atoms with Crippen LogP contribution in [-0.4, -0.2) is 36.6 Å². The normalized spacial score (nSPS) is 27.8. The van der Waals surface area contributed by atoms with E-state index >= 15 is 0 Å². The van der Waals surface area contributed by atoms with E-state index in [-0.39, 0.29) is 0 Å². The molecule has 2 heteroatoms. The van der Waals surface area contributed by atoms with Gasteiger partial charge in [0.05, 0.1) is 0 Å². The van der Waals surface area contributed by atoms with Crippen molar-refractivity contribution in [3.8, 4) is 0 Å². The highest BCUT2D eigenvalue weighted by Crippen LogP contribution is 2.22. The minimum absolute atomic E-state index is 0.802. The number of hydrogen-bond acceptors (Lipinski definition) is 2. The Balaban J connectivity index is 1.55. The first-order valence-electron chi connectivity index (χ1n) is 6.72. The van der Waals surface area contributed by atoms with Gasteiger partial charge in [0.25, 0.3) is 0 Å². The molecule has 0 aromatic carbocycles. The summed E-state index contributed by atoms with van der Waals surface area (Å²) in [6.07, 6.45) is 6.98. The van der Waals surface area contributed by atoms with Crippen molar-refractivity contribution in [1.82, 2.24) is 10.2 Å². The number of nitrogens with zero attached hydrogens (tertiary/aromatic N) is 1. The van der Waals surface area contributed by atoms with Crippen LogP contribution in [0.5, 0.6) is 0 Å². The third-order valence-corrected chi connectivity index (χ3v) is 3.58. The number of likely N-dealkylation sites (tertiary alicyclic amines) is 1. The Morgan fingerprint density at radius 1 is 1.20 bits per heavy atom. The molecule has 0 amide bonds. The zero-order chi connectivity index (χ0) is 10.7. The molecule has 1 saturated heterocycles. The Hall–Kier alpha value is -0.0800. The molecule has 88 valence electrons. The van der Waals surface area contributed by atoms with Crippen molar-refractivity contribution in [2.45, 2.75) is 58.0 Å². The molecule has 1 aliphatic heterocycles. The fraction of sp³-hybridized carbons (Fsp3) is 1.00. The SMILES string of the molecule is CC(C)CCCN1CCC(NC2CC2)C1. The zero-order valence-electron chi connectivity index (χ0n) is 10.3. The molecule has 1 heterocycles. The molecule has 1 N–H and O–H groups in total. The van der Waals surface area contributed by atoms with Gasteiger partial charge in [0.1, 0.15) is 0 Å². The fourth-order valence-corrected chi connectivity index (χ4v) is 2.48. The molecule has 2 aliphatic rings. The lowest BCUT2D eigenvalue weighted by atomic mass is 10.1. The first kappa shape index (κ1) is 11.4. The first-order chi connectivity index (χ1) is 7.24. The molecule has 1 atom stereocenters. The molecule has 0 aromatic heterocycles.